The molecule has 0 spiro atoms. The predicted molar refractivity (Wildman–Crippen MR) is 99.7 cm³/mol. The minimum Gasteiger partial charge on any atom is -0.439 e. The first-order valence-corrected chi connectivity index (χ1v) is 8.41. The van der Waals surface area contributed by atoms with E-state index in [0.29, 0.717) is 5.69 Å². The van der Waals surface area contributed by atoms with Gasteiger partial charge in [-0.2, -0.15) is 13.2 Å². The average molecular weight is 386 g/mol. The van der Waals surface area contributed by atoms with Crippen LogP contribution in [0.1, 0.15) is 21.6 Å². The second-order valence-corrected chi connectivity index (χ2v) is 6.19. The Morgan fingerprint density at radius 2 is 1.68 bits per heavy atom. The van der Waals surface area contributed by atoms with Crippen molar-refractivity contribution in [1.29, 1.82) is 0 Å². The number of hydrogen-bond acceptors (Lipinski definition) is 3. The van der Waals surface area contributed by atoms with Crippen molar-refractivity contribution in [2.75, 3.05) is 11.9 Å². The monoisotopic (exact) mass is 386 g/mol. The number of alkyl halides is 3. The lowest BCUT2D eigenvalue weighted by Gasteiger charge is -2.17. The topological polar surface area (TPSA) is 42.4 Å². The summed E-state index contributed by atoms with van der Waals surface area (Å²) < 4.78 is 43.9. The lowest BCUT2D eigenvalue weighted by atomic mass is 10.2. The molecule has 0 saturated heterocycles. The number of rotatable bonds is 4. The zero-order chi connectivity index (χ0) is 20.3. The minimum absolute atomic E-state index is 0.0150. The lowest BCUT2D eigenvalue weighted by molar-refractivity contribution is -0.137. The number of hydrogen-bond donors (Lipinski definition) is 0. The molecule has 0 aliphatic heterocycles. The Bertz CT molecular complexity index is 985. The van der Waals surface area contributed by atoms with Crippen LogP contribution in [-0.4, -0.2) is 17.9 Å². The SMILES string of the molecule is Cc1ccc(N(C)C(=O)c2cccc(Oc3cccc(C(F)(F)F)c3)n2)cc1. The number of benzene rings is 2. The van der Waals surface area contributed by atoms with E-state index in [4.69, 9.17) is 4.74 Å². The number of anilines is 1. The minimum atomic E-state index is -4.47. The van der Waals surface area contributed by atoms with Gasteiger partial charge in [0, 0.05) is 18.8 Å². The molecule has 0 atom stereocenters. The summed E-state index contributed by atoms with van der Waals surface area (Å²) in [6.45, 7) is 1.95. The van der Waals surface area contributed by atoms with Gasteiger partial charge in [0.05, 0.1) is 5.56 Å². The van der Waals surface area contributed by atoms with Crippen LogP contribution in [0.15, 0.2) is 66.7 Å². The van der Waals surface area contributed by atoms with Crippen LogP contribution in [0.2, 0.25) is 0 Å². The fourth-order valence-corrected chi connectivity index (χ4v) is 2.50. The van der Waals surface area contributed by atoms with Crippen molar-refractivity contribution in [3.63, 3.8) is 0 Å². The van der Waals surface area contributed by atoms with E-state index in [2.05, 4.69) is 4.98 Å². The van der Waals surface area contributed by atoms with Crippen molar-refractivity contribution in [3.05, 3.63) is 83.6 Å². The number of halogens is 3. The van der Waals surface area contributed by atoms with Crippen molar-refractivity contribution in [2.24, 2.45) is 0 Å². The second-order valence-electron chi connectivity index (χ2n) is 6.19. The van der Waals surface area contributed by atoms with Gasteiger partial charge in [-0.25, -0.2) is 4.98 Å². The Morgan fingerprint density at radius 1 is 1.00 bits per heavy atom. The zero-order valence-electron chi connectivity index (χ0n) is 15.2. The van der Waals surface area contributed by atoms with Crippen molar-refractivity contribution in [2.45, 2.75) is 13.1 Å². The van der Waals surface area contributed by atoms with Gasteiger partial charge in [-0.05, 0) is 43.3 Å². The molecule has 0 saturated carbocycles. The Labute approximate surface area is 160 Å². The first-order chi connectivity index (χ1) is 13.2. The number of carbonyl (C=O) groups excluding carboxylic acids is 1. The number of amides is 1. The second kappa shape index (κ2) is 7.72. The summed E-state index contributed by atoms with van der Waals surface area (Å²) >= 11 is 0. The molecule has 0 aliphatic rings. The molecule has 4 nitrogen and oxygen atoms in total. The molecule has 1 amide bonds. The average Bonchev–Trinajstić information content (AvgIpc) is 2.67. The van der Waals surface area contributed by atoms with E-state index in [1.165, 1.54) is 29.2 Å². The lowest BCUT2D eigenvalue weighted by Crippen LogP contribution is -2.27. The van der Waals surface area contributed by atoms with Crippen LogP contribution < -0.4 is 9.64 Å². The first-order valence-electron chi connectivity index (χ1n) is 8.41. The molecule has 0 bridgehead atoms. The van der Waals surface area contributed by atoms with Crippen molar-refractivity contribution in [3.8, 4) is 11.6 Å². The van der Waals surface area contributed by atoms with Gasteiger partial charge in [0.25, 0.3) is 5.91 Å². The van der Waals surface area contributed by atoms with E-state index >= 15 is 0 Å². The number of nitrogens with zero attached hydrogens (tertiary/aromatic N) is 2. The van der Waals surface area contributed by atoms with E-state index in [0.717, 1.165) is 17.7 Å². The highest BCUT2D eigenvalue weighted by atomic mass is 19.4. The molecule has 28 heavy (non-hydrogen) atoms. The summed E-state index contributed by atoms with van der Waals surface area (Å²) in [5.41, 5.74) is 1.06. The number of pyridine rings is 1. The summed E-state index contributed by atoms with van der Waals surface area (Å²) in [6.07, 6.45) is -4.47. The maximum Gasteiger partial charge on any atom is 0.416 e. The predicted octanol–water partition coefficient (Wildman–Crippen LogP) is 5.48. The normalized spacial score (nSPS) is 11.2. The molecule has 0 fully saturated rings. The largest absolute Gasteiger partial charge is 0.439 e. The highest BCUT2D eigenvalue weighted by Crippen LogP contribution is 2.32. The van der Waals surface area contributed by atoms with Crippen LogP contribution >= 0.6 is 0 Å². The van der Waals surface area contributed by atoms with Gasteiger partial charge in [0.2, 0.25) is 5.88 Å². The number of aromatic nitrogens is 1. The van der Waals surface area contributed by atoms with Crippen LogP contribution in [-0.2, 0) is 6.18 Å². The van der Waals surface area contributed by atoms with E-state index < -0.39 is 11.7 Å². The maximum absolute atomic E-state index is 12.8. The van der Waals surface area contributed by atoms with Crippen LogP contribution in [0.25, 0.3) is 0 Å². The van der Waals surface area contributed by atoms with Gasteiger partial charge in [0.1, 0.15) is 11.4 Å². The molecule has 1 aromatic heterocycles. The van der Waals surface area contributed by atoms with Gasteiger partial charge >= 0.3 is 6.18 Å². The van der Waals surface area contributed by atoms with Gasteiger partial charge < -0.3 is 9.64 Å². The third-order valence-corrected chi connectivity index (χ3v) is 4.05. The first kappa shape index (κ1) is 19.4. The molecular formula is C21H17F3N2O2. The molecule has 1 heterocycles. The molecule has 0 radical (unpaired) electrons. The number of ether oxygens (including phenoxy) is 1. The molecule has 0 unspecified atom stereocenters. The van der Waals surface area contributed by atoms with Crippen molar-refractivity contribution >= 4 is 11.6 Å². The highest BCUT2D eigenvalue weighted by molar-refractivity contribution is 6.04. The molecule has 7 heteroatoms. The van der Waals surface area contributed by atoms with Crippen molar-refractivity contribution in [1.82, 2.24) is 4.98 Å². The molecule has 0 aliphatic carbocycles. The van der Waals surface area contributed by atoms with Gasteiger partial charge in [0.15, 0.2) is 0 Å². The Hall–Kier alpha value is -3.35. The van der Waals surface area contributed by atoms with Gasteiger partial charge in [-0.15, -0.1) is 0 Å². The Kier molecular flexibility index (Phi) is 5.35. The molecule has 144 valence electrons. The summed E-state index contributed by atoms with van der Waals surface area (Å²) in [7, 11) is 1.62. The van der Waals surface area contributed by atoms with Gasteiger partial charge in [-0.3, -0.25) is 4.79 Å². The number of carbonyl (C=O) groups is 1. The molecular weight excluding hydrogens is 369 g/mol. The molecule has 3 rings (SSSR count). The van der Waals surface area contributed by atoms with E-state index in [9.17, 15) is 18.0 Å². The maximum atomic E-state index is 12.8. The summed E-state index contributed by atoms with van der Waals surface area (Å²) in [4.78, 5) is 18.2. The van der Waals surface area contributed by atoms with E-state index in [-0.39, 0.29) is 23.2 Å². The third kappa shape index (κ3) is 4.49. The quantitative estimate of drug-likeness (QED) is 0.596. The Morgan fingerprint density at radius 3 is 2.36 bits per heavy atom. The van der Waals surface area contributed by atoms with Crippen LogP contribution in [0, 0.1) is 6.92 Å². The van der Waals surface area contributed by atoms with E-state index in [1.807, 2.05) is 31.2 Å². The summed E-state index contributed by atoms with van der Waals surface area (Å²) in [5, 5.41) is 0. The molecule has 0 N–H and O–H groups in total. The zero-order valence-corrected chi connectivity index (χ0v) is 15.2. The van der Waals surface area contributed by atoms with E-state index in [1.54, 1.807) is 13.1 Å². The summed E-state index contributed by atoms with van der Waals surface area (Å²) in [5.74, 6) is -0.348. The summed E-state index contributed by atoms with van der Waals surface area (Å²) in [6, 6.07) is 16.4. The van der Waals surface area contributed by atoms with Crippen LogP contribution in [0.5, 0.6) is 11.6 Å². The Balaban J connectivity index is 1.80. The number of aryl methyl sites for hydroxylation is 1. The van der Waals surface area contributed by atoms with Crippen LogP contribution in [0.4, 0.5) is 18.9 Å². The fourth-order valence-electron chi connectivity index (χ4n) is 2.50. The highest BCUT2D eigenvalue weighted by Gasteiger charge is 2.30. The van der Waals surface area contributed by atoms with Gasteiger partial charge in [-0.1, -0.05) is 29.8 Å². The molecule has 2 aromatic carbocycles. The third-order valence-electron chi connectivity index (χ3n) is 4.05. The van der Waals surface area contributed by atoms with Crippen LogP contribution in [0.3, 0.4) is 0 Å². The smallest absolute Gasteiger partial charge is 0.416 e. The fraction of sp³-hybridized carbons (Fsp3) is 0.143. The standard InChI is InChI=1S/C21H17F3N2O2/c1-14-9-11-16(12-10-14)26(2)20(27)18-7-4-8-19(25-18)28-17-6-3-5-15(13-17)21(22,23)24/h3-13H,1-2H3. The van der Waals surface area contributed by atoms with Crippen molar-refractivity contribution < 1.29 is 22.7 Å². The molecule has 3 aromatic rings.